The number of halogens is 1. The van der Waals surface area contributed by atoms with Crippen LogP contribution in [0.3, 0.4) is 0 Å². The van der Waals surface area contributed by atoms with Crippen molar-refractivity contribution >= 4 is 21.8 Å². The average molecular weight is 442 g/mol. The van der Waals surface area contributed by atoms with Crippen molar-refractivity contribution in [1.82, 2.24) is 4.90 Å². The lowest BCUT2D eigenvalue weighted by atomic mass is 9.44. The van der Waals surface area contributed by atoms with E-state index >= 15 is 0 Å². The Hall–Kier alpha value is -0.130. The molecule has 4 aliphatic rings. The minimum atomic E-state index is -0.704. The molecule has 4 rings (SSSR count). The third kappa shape index (κ3) is 2.49. The number of hydrogen-bond acceptors (Lipinski definition) is 3. The highest BCUT2D eigenvalue weighted by atomic mass is 79.9. The van der Waals surface area contributed by atoms with Crippen molar-refractivity contribution in [2.75, 3.05) is 13.7 Å². The number of amides is 1. The first-order valence-corrected chi connectivity index (χ1v) is 11.6. The number of aliphatic hydroxyl groups is 2. The summed E-state index contributed by atoms with van der Waals surface area (Å²) in [5.41, 5.74) is 0.235. The fourth-order valence-corrected chi connectivity index (χ4v) is 9.04. The molecule has 0 aromatic heterocycles. The largest absolute Gasteiger partial charge is 0.394 e. The average Bonchev–Trinajstić information content (AvgIpc) is 2.92. The second-order valence-electron chi connectivity index (χ2n) is 10.6. The van der Waals surface area contributed by atoms with Crippen molar-refractivity contribution in [2.45, 2.75) is 82.2 Å². The van der Waals surface area contributed by atoms with Crippen molar-refractivity contribution in [3.63, 3.8) is 0 Å². The molecule has 4 nitrogen and oxygen atoms in total. The summed E-state index contributed by atoms with van der Waals surface area (Å²) in [6.45, 7) is 7.02. The standard InChI is InChI=1S/C22H36BrNO3/c1-13-11-16-20(2,8-7-18(27)24(16)4)14-5-9-21(3)15(19(13)14)6-10-22(21,23)17(26)12-25/h13-17,19,25-26H,5-12H2,1-4H3/t13?,14-,15+,16?,17?,19-,20-,21+,22?/m1/s1. The Balaban J connectivity index is 1.69. The number of alkyl halides is 1. The second kappa shape index (κ2) is 6.43. The lowest BCUT2D eigenvalue weighted by Gasteiger charge is -2.64. The maximum absolute atomic E-state index is 12.4. The first kappa shape index (κ1) is 20.2. The normalized spacial score (nSPS) is 53.5. The summed E-state index contributed by atoms with van der Waals surface area (Å²) < 4.78 is -0.374. The molecule has 3 saturated carbocycles. The molecule has 3 aliphatic carbocycles. The predicted molar refractivity (Wildman–Crippen MR) is 109 cm³/mol. The van der Waals surface area contributed by atoms with Crippen LogP contribution in [-0.2, 0) is 4.79 Å². The fraction of sp³-hybridized carbons (Fsp3) is 0.955. The summed E-state index contributed by atoms with van der Waals surface area (Å²) in [6, 6.07) is 0.373. The lowest BCUT2D eigenvalue weighted by Crippen LogP contribution is -2.64. The number of rotatable bonds is 2. The molecule has 9 atom stereocenters. The first-order valence-electron chi connectivity index (χ1n) is 10.8. The van der Waals surface area contributed by atoms with E-state index in [0.717, 1.165) is 32.1 Å². The van der Waals surface area contributed by atoms with Gasteiger partial charge >= 0.3 is 0 Å². The highest BCUT2D eigenvalue weighted by Gasteiger charge is 2.67. The molecule has 0 bridgehead atoms. The third-order valence-electron chi connectivity index (χ3n) is 9.79. The number of carbonyl (C=O) groups excluding carboxylic acids is 1. The summed E-state index contributed by atoms with van der Waals surface area (Å²) in [5.74, 6) is 2.79. The third-order valence-corrected chi connectivity index (χ3v) is 11.6. The van der Waals surface area contributed by atoms with Crippen LogP contribution in [-0.4, -0.2) is 51.1 Å². The van der Waals surface area contributed by atoms with Crippen LogP contribution in [0.15, 0.2) is 0 Å². The molecule has 0 aromatic rings. The van der Waals surface area contributed by atoms with Gasteiger partial charge in [-0.3, -0.25) is 4.79 Å². The second-order valence-corrected chi connectivity index (χ2v) is 12.0. The Bertz CT molecular complexity index is 629. The van der Waals surface area contributed by atoms with E-state index in [1.807, 2.05) is 7.05 Å². The maximum atomic E-state index is 12.4. The van der Waals surface area contributed by atoms with Crippen LogP contribution < -0.4 is 0 Å². The molecule has 154 valence electrons. The van der Waals surface area contributed by atoms with Gasteiger partial charge in [0, 0.05) is 19.5 Å². The molecule has 4 unspecified atom stereocenters. The van der Waals surface area contributed by atoms with Crippen LogP contribution in [0.5, 0.6) is 0 Å². The summed E-state index contributed by atoms with van der Waals surface area (Å²) in [4.78, 5) is 14.4. The Labute approximate surface area is 172 Å². The number of likely N-dealkylation sites (tertiary alicyclic amines) is 1. The molecular formula is C22H36BrNO3. The minimum Gasteiger partial charge on any atom is -0.394 e. The van der Waals surface area contributed by atoms with E-state index in [0.29, 0.717) is 42.0 Å². The molecule has 1 saturated heterocycles. The zero-order valence-corrected chi connectivity index (χ0v) is 18.8. The Kier molecular flexibility index (Phi) is 4.80. The van der Waals surface area contributed by atoms with Gasteiger partial charge in [-0.15, -0.1) is 0 Å². The van der Waals surface area contributed by atoms with Gasteiger partial charge in [-0.25, -0.2) is 0 Å². The van der Waals surface area contributed by atoms with E-state index in [1.54, 1.807) is 0 Å². The molecule has 1 amide bonds. The van der Waals surface area contributed by atoms with Gasteiger partial charge in [-0.05, 0) is 73.0 Å². The molecule has 27 heavy (non-hydrogen) atoms. The van der Waals surface area contributed by atoms with E-state index in [1.165, 1.54) is 6.42 Å². The Morgan fingerprint density at radius 3 is 2.56 bits per heavy atom. The summed E-state index contributed by atoms with van der Waals surface area (Å²) in [7, 11) is 2.01. The van der Waals surface area contributed by atoms with Gasteiger partial charge in [0.2, 0.25) is 5.91 Å². The fourth-order valence-electron chi connectivity index (χ4n) is 8.18. The topological polar surface area (TPSA) is 60.8 Å². The van der Waals surface area contributed by atoms with Gasteiger partial charge in [0.1, 0.15) is 0 Å². The SMILES string of the molecule is CC1CC2N(C)C(=O)CC[C@]2(C)[C@@H]2CC[C@@]3(C)[C@@H](CCC3(Br)C(O)CO)[C@H]12. The lowest BCUT2D eigenvalue weighted by molar-refractivity contribution is -0.167. The van der Waals surface area contributed by atoms with Crippen molar-refractivity contribution < 1.29 is 15.0 Å². The molecule has 0 radical (unpaired) electrons. The minimum absolute atomic E-state index is 0.0180. The van der Waals surface area contributed by atoms with Gasteiger partial charge in [0.05, 0.1) is 17.0 Å². The quantitative estimate of drug-likeness (QED) is 0.643. The molecule has 0 spiro atoms. The monoisotopic (exact) mass is 441 g/mol. The zero-order valence-electron chi connectivity index (χ0n) is 17.2. The maximum Gasteiger partial charge on any atom is 0.222 e. The number of carbonyl (C=O) groups is 1. The van der Waals surface area contributed by atoms with E-state index in [2.05, 4.69) is 41.6 Å². The molecule has 0 aromatic carbocycles. The Morgan fingerprint density at radius 2 is 1.89 bits per heavy atom. The van der Waals surface area contributed by atoms with Crippen LogP contribution in [0.2, 0.25) is 0 Å². The summed E-state index contributed by atoms with van der Waals surface area (Å²) in [6.07, 6.45) is 6.43. The highest BCUT2D eigenvalue weighted by molar-refractivity contribution is 9.10. The molecule has 4 fully saturated rings. The van der Waals surface area contributed by atoms with E-state index in [4.69, 9.17) is 0 Å². The van der Waals surface area contributed by atoms with Crippen LogP contribution in [0.1, 0.15) is 65.7 Å². The van der Waals surface area contributed by atoms with Gasteiger partial charge in [-0.1, -0.05) is 36.7 Å². The number of fused-ring (bicyclic) bond motifs is 5. The molecule has 1 aliphatic heterocycles. The molecule has 2 N–H and O–H groups in total. The van der Waals surface area contributed by atoms with Gasteiger partial charge in [0.25, 0.3) is 0 Å². The zero-order chi connectivity index (χ0) is 19.8. The van der Waals surface area contributed by atoms with Crippen molar-refractivity contribution in [3.05, 3.63) is 0 Å². The van der Waals surface area contributed by atoms with Gasteiger partial charge < -0.3 is 15.1 Å². The van der Waals surface area contributed by atoms with Crippen LogP contribution in [0.4, 0.5) is 0 Å². The molecule has 1 heterocycles. The molecule has 5 heteroatoms. The van der Waals surface area contributed by atoms with E-state index < -0.39 is 6.10 Å². The number of piperidine rings is 1. The van der Waals surface area contributed by atoms with E-state index in [-0.39, 0.29) is 21.8 Å². The van der Waals surface area contributed by atoms with Gasteiger partial charge in [0.15, 0.2) is 0 Å². The summed E-state index contributed by atoms with van der Waals surface area (Å²) >= 11 is 3.94. The highest BCUT2D eigenvalue weighted by Crippen LogP contribution is 2.70. The molecular weight excluding hydrogens is 406 g/mol. The number of hydrogen-bond donors (Lipinski definition) is 2. The first-order chi connectivity index (χ1) is 12.6. The van der Waals surface area contributed by atoms with E-state index in [9.17, 15) is 15.0 Å². The number of aliphatic hydroxyl groups excluding tert-OH is 2. The van der Waals surface area contributed by atoms with Crippen LogP contribution in [0, 0.1) is 34.5 Å². The predicted octanol–water partition coefficient (Wildman–Crippen LogP) is 3.58. The van der Waals surface area contributed by atoms with Crippen LogP contribution >= 0.6 is 15.9 Å². The van der Waals surface area contributed by atoms with Crippen molar-refractivity contribution in [3.8, 4) is 0 Å². The van der Waals surface area contributed by atoms with Crippen LogP contribution in [0.25, 0.3) is 0 Å². The van der Waals surface area contributed by atoms with Crippen molar-refractivity contribution in [1.29, 1.82) is 0 Å². The smallest absolute Gasteiger partial charge is 0.222 e. The summed E-state index contributed by atoms with van der Waals surface area (Å²) in [5, 5.41) is 20.3. The Morgan fingerprint density at radius 1 is 1.22 bits per heavy atom. The van der Waals surface area contributed by atoms with Crippen molar-refractivity contribution in [2.24, 2.45) is 34.5 Å². The number of nitrogens with zero attached hydrogens (tertiary/aromatic N) is 1. The van der Waals surface area contributed by atoms with Gasteiger partial charge in [-0.2, -0.15) is 0 Å².